The fourth-order valence-electron chi connectivity index (χ4n) is 3.51. The molecule has 0 saturated carbocycles. The number of likely N-dealkylation sites (tertiary alicyclic amines) is 1. The third kappa shape index (κ3) is 3.30. The Hall–Kier alpha value is -2.13. The summed E-state index contributed by atoms with van der Waals surface area (Å²) in [6, 6.07) is 18.4. The van der Waals surface area contributed by atoms with Crippen molar-refractivity contribution in [3.8, 4) is 0 Å². The van der Waals surface area contributed by atoms with Crippen LogP contribution in [0.5, 0.6) is 0 Å². The molecule has 3 heteroatoms. The lowest BCUT2D eigenvalue weighted by atomic mass is 9.95. The quantitative estimate of drug-likeness (QED) is 0.911. The van der Waals surface area contributed by atoms with Crippen LogP contribution < -0.4 is 0 Å². The largest absolute Gasteiger partial charge is 0.480 e. The minimum Gasteiger partial charge on any atom is -0.480 e. The summed E-state index contributed by atoms with van der Waals surface area (Å²) < 4.78 is 0. The van der Waals surface area contributed by atoms with Gasteiger partial charge in [0.15, 0.2) is 0 Å². The normalized spacial score (nSPS) is 19.6. The maximum atomic E-state index is 11.6. The predicted octanol–water partition coefficient (Wildman–Crippen LogP) is 3.89. The van der Waals surface area contributed by atoms with Crippen LogP contribution >= 0.6 is 0 Å². The van der Waals surface area contributed by atoms with Gasteiger partial charge >= 0.3 is 5.97 Å². The molecular formula is C20H23NO2. The van der Waals surface area contributed by atoms with E-state index >= 15 is 0 Å². The van der Waals surface area contributed by atoms with Crippen LogP contribution in [0.15, 0.2) is 54.6 Å². The molecule has 0 spiro atoms. The first-order valence-corrected chi connectivity index (χ1v) is 8.33. The number of nitrogens with zero attached hydrogens (tertiary/aromatic N) is 1. The molecule has 1 saturated heterocycles. The second-order valence-corrected chi connectivity index (χ2v) is 6.14. The molecule has 2 unspecified atom stereocenters. The molecule has 2 atom stereocenters. The van der Waals surface area contributed by atoms with E-state index in [4.69, 9.17) is 0 Å². The fourth-order valence-corrected chi connectivity index (χ4v) is 3.51. The maximum absolute atomic E-state index is 11.6. The van der Waals surface area contributed by atoms with E-state index in [2.05, 4.69) is 48.2 Å². The van der Waals surface area contributed by atoms with Crippen LogP contribution in [-0.4, -0.2) is 28.6 Å². The van der Waals surface area contributed by atoms with Crippen molar-refractivity contribution in [1.29, 1.82) is 0 Å². The summed E-state index contributed by atoms with van der Waals surface area (Å²) in [6.45, 7) is 2.97. The SMILES string of the molecule is CCc1ccc(C(c2ccccc2)N2CCCC2C(=O)O)cc1. The average Bonchev–Trinajstić information content (AvgIpc) is 3.06. The average molecular weight is 309 g/mol. The minimum absolute atomic E-state index is 0.00528. The van der Waals surface area contributed by atoms with Crippen LogP contribution in [0.3, 0.4) is 0 Å². The molecule has 2 aromatic carbocycles. The van der Waals surface area contributed by atoms with Gasteiger partial charge in [-0.05, 0) is 36.0 Å². The summed E-state index contributed by atoms with van der Waals surface area (Å²) in [6.07, 6.45) is 2.68. The molecular weight excluding hydrogens is 286 g/mol. The van der Waals surface area contributed by atoms with Gasteiger partial charge in [-0.2, -0.15) is 0 Å². The third-order valence-corrected chi connectivity index (χ3v) is 4.73. The number of carbonyl (C=O) groups is 1. The second kappa shape index (κ2) is 6.97. The van der Waals surface area contributed by atoms with Gasteiger partial charge in [-0.3, -0.25) is 9.69 Å². The maximum Gasteiger partial charge on any atom is 0.320 e. The summed E-state index contributed by atoms with van der Waals surface area (Å²) >= 11 is 0. The van der Waals surface area contributed by atoms with Crippen LogP contribution in [0, 0.1) is 0 Å². The van der Waals surface area contributed by atoms with Crippen molar-refractivity contribution in [3.05, 3.63) is 71.3 Å². The van der Waals surface area contributed by atoms with E-state index in [1.807, 2.05) is 18.2 Å². The zero-order valence-corrected chi connectivity index (χ0v) is 13.5. The first-order chi connectivity index (χ1) is 11.2. The lowest BCUT2D eigenvalue weighted by Gasteiger charge is -2.32. The van der Waals surface area contributed by atoms with Crippen molar-refractivity contribution >= 4 is 5.97 Å². The molecule has 0 bridgehead atoms. The number of aryl methyl sites for hydroxylation is 1. The summed E-state index contributed by atoms with van der Waals surface area (Å²) in [5.41, 5.74) is 3.63. The Labute approximate surface area is 137 Å². The highest BCUT2D eigenvalue weighted by molar-refractivity contribution is 5.74. The van der Waals surface area contributed by atoms with Gasteiger partial charge in [-0.1, -0.05) is 61.5 Å². The molecule has 2 aromatic rings. The first-order valence-electron chi connectivity index (χ1n) is 8.33. The van der Waals surface area contributed by atoms with E-state index in [9.17, 15) is 9.90 Å². The van der Waals surface area contributed by atoms with E-state index in [-0.39, 0.29) is 6.04 Å². The smallest absolute Gasteiger partial charge is 0.320 e. The van der Waals surface area contributed by atoms with Gasteiger partial charge in [0.1, 0.15) is 6.04 Å². The molecule has 0 aliphatic carbocycles. The minimum atomic E-state index is -0.714. The molecule has 1 heterocycles. The number of hydrogen-bond donors (Lipinski definition) is 1. The highest BCUT2D eigenvalue weighted by atomic mass is 16.4. The van der Waals surface area contributed by atoms with Gasteiger partial charge in [0.25, 0.3) is 0 Å². The van der Waals surface area contributed by atoms with E-state index < -0.39 is 12.0 Å². The van der Waals surface area contributed by atoms with Crippen LogP contribution in [0.4, 0.5) is 0 Å². The number of benzene rings is 2. The highest BCUT2D eigenvalue weighted by Gasteiger charge is 2.36. The van der Waals surface area contributed by atoms with Crippen molar-refractivity contribution in [3.63, 3.8) is 0 Å². The van der Waals surface area contributed by atoms with Crippen molar-refractivity contribution in [2.75, 3.05) is 6.54 Å². The Morgan fingerprint density at radius 3 is 2.39 bits per heavy atom. The molecule has 3 rings (SSSR count). The summed E-state index contributed by atoms with van der Waals surface area (Å²) in [5, 5.41) is 9.57. The molecule has 1 aliphatic rings. The molecule has 23 heavy (non-hydrogen) atoms. The molecule has 1 N–H and O–H groups in total. The Kier molecular flexibility index (Phi) is 4.77. The molecule has 0 aromatic heterocycles. The van der Waals surface area contributed by atoms with Crippen LogP contribution in [0.1, 0.15) is 42.5 Å². The number of carboxylic acids is 1. The summed E-state index contributed by atoms with van der Waals surface area (Å²) in [5.74, 6) is -0.714. The van der Waals surface area contributed by atoms with Crippen LogP contribution in [-0.2, 0) is 11.2 Å². The van der Waals surface area contributed by atoms with Crippen molar-refractivity contribution in [1.82, 2.24) is 4.90 Å². The van der Waals surface area contributed by atoms with Gasteiger partial charge in [-0.25, -0.2) is 0 Å². The standard InChI is InChI=1S/C20H23NO2/c1-2-15-10-12-17(13-11-15)19(16-7-4-3-5-8-16)21-14-6-9-18(21)20(22)23/h3-5,7-8,10-13,18-19H,2,6,9,14H2,1H3,(H,22,23). The molecule has 1 fully saturated rings. The van der Waals surface area contributed by atoms with E-state index in [0.29, 0.717) is 0 Å². The Morgan fingerprint density at radius 1 is 1.13 bits per heavy atom. The van der Waals surface area contributed by atoms with Gasteiger partial charge in [-0.15, -0.1) is 0 Å². The fraction of sp³-hybridized carbons (Fsp3) is 0.350. The van der Waals surface area contributed by atoms with E-state index in [1.54, 1.807) is 0 Å². The predicted molar refractivity (Wildman–Crippen MR) is 91.5 cm³/mol. The lowest BCUT2D eigenvalue weighted by molar-refractivity contribution is -0.142. The number of rotatable bonds is 5. The third-order valence-electron chi connectivity index (χ3n) is 4.73. The topological polar surface area (TPSA) is 40.5 Å². The summed E-state index contributed by atoms with van der Waals surface area (Å²) in [4.78, 5) is 13.8. The molecule has 0 amide bonds. The Morgan fingerprint density at radius 2 is 1.78 bits per heavy atom. The van der Waals surface area contributed by atoms with Gasteiger partial charge in [0.2, 0.25) is 0 Å². The van der Waals surface area contributed by atoms with E-state index in [0.717, 1.165) is 31.4 Å². The Balaban J connectivity index is 2.01. The van der Waals surface area contributed by atoms with Crippen LogP contribution in [0.2, 0.25) is 0 Å². The molecule has 120 valence electrons. The molecule has 0 radical (unpaired) electrons. The number of carboxylic acid groups (broad SMARTS) is 1. The van der Waals surface area contributed by atoms with Crippen molar-refractivity contribution in [2.45, 2.75) is 38.3 Å². The van der Waals surface area contributed by atoms with Gasteiger partial charge in [0.05, 0.1) is 6.04 Å². The monoisotopic (exact) mass is 309 g/mol. The Bertz CT molecular complexity index is 651. The van der Waals surface area contributed by atoms with Crippen LogP contribution in [0.25, 0.3) is 0 Å². The highest BCUT2D eigenvalue weighted by Crippen LogP contribution is 2.34. The zero-order valence-electron chi connectivity index (χ0n) is 13.5. The summed E-state index contributed by atoms with van der Waals surface area (Å²) in [7, 11) is 0. The van der Waals surface area contributed by atoms with Crippen molar-refractivity contribution < 1.29 is 9.90 Å². The van der Waals surface area contributed by atoms with E-state index in [1.165, 1.54) is 11.1 Å². The zero-order chi connectivity index (χ0) is 16.2. The van der Waals surface area contributed by atoms with Gasteiger partial charge < -0.3 is 5.11 Å². The van der Waals surface area contributed by atoms with Gasteiger partial charge in [0, 0.05) is 6.54 Å². The number of hydrogen-bond acceptors (Lipinski definition) is 2. The second-order valence-electron chi connectivity index (χ2n) is 6.14. The first kappa shape index (κ1) is 15.8. The molecule has 3 nitrogen and oxygen atoms in total. The lowest BCUT2D eigenvalue weighted by Crippen LogP contribution is -2.39. The molecule has 1 aliphatic heterocycles. The van der Waals surface area contributed by atoms with Crippen molar-refractivity contribution in [2.24, 2.45) is 0 Å². The number of aliphatic carboxylic acids is 1.